The van der Waals surface area contributed by atoms with Gasteiger partial charge < -0.3 is 16.2 Å². The Morgan fingerprint density at radius 3 is 2.75 bits per heavy atom. The molecule has 1 unspecified atom stereocenters. The second-order valence-electron chi connectivity index (χ2n) is 3.43. The molecule has 0 aliphatic rings. The number of nitrogens with one attached hydrogen (secondary N) is 1. The summed E-state index contributed by atoms with van der Waals surface area (Å²) in [7, 11) is 0. The number of hydrogen-bond acceptors (Lipinski definition) is 4. The molecule has 1 aromatic rings. The van der Waals surface area contributed by atoms with Gasteiger partial charge >= 0.3 is 5.97 Å². The van der Waals surface area contributed by atoms with Gasteiger partial charge in [0.15, 0.2) is 0 Å². The second kappa shape index (κ2) is 5.62. The summed E-state index contributed by atoms with van der Waals surface area (Å²) in [6, 6.07) is 2.89. The van der Waals surface area contributed by atoms with Crippen molar-refractivity contribution in [2.45, 2.75) is 25.9 Å². The van der Waals surface area contributed by atoms with Crippen LogP contribution in [0.5, 0.6) is 0 Å². The van der Waals surface area contributed by atoms with Crippen molar-refractivity contribution >= 4 is 23.2 Å². The summed E-state index contributed by atoms with van der Waals surface area (Å²) in [6.45, 7) is 2.37. The summed E-state index contributed by atoms with van der Waals surface area (Å²) < 4.78 is 0. The minimum absolute atomic E-state index is 0.352. The summed E-state index contributed by atoms with van der Waals surface area (Å²) in [5.74, 6) is -1.51. The Balaban J connectivity index is 2.37. The summed E-state index contributed by atoms with van der Waals surface area (Å²) in [4.78, 5) is 23.9. The van der Waals surface area contributed by atoms with Gasteiger partial charge in [0.2, 0.25) is 5.91 Å². The lowest BCUT2D eigenvalue weighted by Crippen LogP contribution is -2.41. The van der Waals surface area contributed by atoms with Gasteiger partial charge in [-0.05, 0) is 19.1 Å². The number of amides is 1. The van der Waals surface area contributed by atoms with E-state index in [9.17, 15) is 9.59 Å². The van der Waals surface area contributed by atoms with Crippen LogP contribution >= 0.6 is 11.3 Å². The van der Waals surface area contributed by atoms with E-state index in [1.165, 1.54) is 4.88 Å². The first kappa shape index (κ1) is 12.7. The molecule has 5 nitrogen and oxygen atoms in total. The van der Waals surface area contributed by atoms with Crippen LogP contribution in [0, 0.1) is 6.92 Å². The van der Waals surface area contributed by atoms with Crippen LogP contribution in [0.4, 0.5) is 0 Å². The number of aryl methyl sites for hydroxylation is 1. The molecular weight excluding hydrogens is 228 g/mol. The van der Waals surface area contributed by atoms with Gasteiger partial charge in [0.05, 0.1) is 19.0 Å². The number of carbonyl (C=O) groups excluding carboxylic acids is 1. The first-order valence-corrected chi connectivity index (χ1v) is 5.61. The fraction of sp³-hybridized carbons (Fsp3) is 0.400. The molecule has 0 aliphatic carbocycles. The molecule has 0 aromatic carbocycles. The Hall–Kier alpha value is -1.40. The summed E-state index contributed by atoms with van der Waals surface area (Å²) in [6.07, 6.45) is -0.352. The van der Waals surface area contributed by atoms with Crippen molar-refractivity contribution in [2.24, 2.45) is 5.73 Å². The quantitative estimate of drug-likeness (QED) is 0.700. The molecule has 1 rings (SSSR count). The summed E-state index contributed by atoms with van der Waals surface area (Å²) >= 11 is 1.58. The second-order valence-corrected chi connectivity index (χ2v) is 4.81. The van der Waals surface area contributed by atoms with E-state index < -0.39 is 17.9 Å². The zero-order valence-electron chi connectivity index (χ0n) is 8.90. The molecule has 0 fully saturated rings. The number of hydrogen-bond donors (Lipinski definition) is 3. The largest absolute Gasteiger partial charge is 0.481 e. The van der Waals surface area contributed by atoms with E-state index in [-0.39, 0.29) is 6.42 Å². The highest BCUT2D eigenvalue weighted by Crippen LogP contribution is 2.14. The van der Waals surface area contributed by atoms with Crippen LogP contribution in [-0.2, 0) is 16.1 Å². The van der Waals surface area contributed by atoms with Crippen LogP contribution in [-0.4, -0.2) is 23.0 Å². The normalized spacial score (nSPS) is 12.1. The molecule has 0 aliphatic heterocycles. The van der Waals surface area contributed by atoms with Crippen LogP contribution in [0.25, 0.3) is 0 Å². The lowest BCUT2D eigenvalue weighted by Gasteiger charge is -2.08. The molecule has 88 valence electrons. The van der Waals surface area contributed by atoms with Crippen molar-refractivity contribution in [1.82, 2.24) is 5.32 Å². The minimum atomic E-state index is -1.07. The van der Waals surface area contributed by atoms with Crippen LogP contribution < -0.4 is 11.1 Å². The van der Waals surface area contributed by atoms with Crippen molar-refractivity contribution in [3.8, 4) is 0 Å². The van der Waals surface area contributed by atoms with Crippen molar-refractivity contribution in [2.75, 3.05) is 0 Å². The van der Waals surface area contributed by atoms with Crippen LogP contribution in [0.1, 0.15) is 16.2 Å². The molecule has 1 heterocycles. The van der Waals surface area contributed by atoms with E-state index in [0.717, 1.165) is 4.88 Å². The fourth-order valence-corrected chi connectivity index (χ4v) is 2.00. The SMILES string of the molecule is Cc1ccc(CNC(=O)C(N)CC(=O)O)s1. The molecule has 6 heteroatoms. The number of carboxylic acid groups (broad SMARTS) is 1. The van der Waals surface area contributed by atoms with Gasteiger partial charge in [-0.3, -0.25) is 9.59 Å². The molecular formula is C10H14N2O3S. The van der Waals surface area contributed by atoms with Gasteiger partial charge in [-0.1, -0.05) is 0 Å². The van der Waals surface area contributed by atoms with E-state index in [2.05, 4.69) is 5.32 Å². The minimum Gasteiger partial charge on any atom is -0.481 e. The first-order valence-electron chi connectivity index (χ1n) is 4.79. The maximum absolute atomic E-state index is 11.4. The molecule has 0 radical (unpaired) electrons. The molecule has 1 atom stereocenters. The number of nitrogens with two attached hydrogens (primary N) is 1. The molecule has 0 bridgehead atoms. The predicted octanol–water partition coefficient (Wildman–Crippen LogP) is 0.475. The summed E-state index contributed by atoms with van der Waals surface area (Å²) in [5, 5.41) is 11.1. The highest BCUT2D eigenvalue weighted by molar-refractivity contribution is 7.11. The predicted molar refractivity (Wildman–Crippen MR) is 61.1 cm³/mol. The average Bonchev–Trinajstić information content (AvgIpc) is 2.59. The third kappa shape index (κ3) is 4.00. The van der Waals surface area contributed by atoms with Crippen molar-refractivity contribution in [3.63, 3.8) is 0 Å². The third-order valence-corrected chi connectivity index (χ3v) is 2.96. The van der Waals surface area contributed by atoms with Crippen molar-refractivity contribution in [3.05, 3.63) is 21.9 Å². The molecule has 0 saturated heterocycles. The van der Waals surface area contributed by atoms with Crippen molar-refractivity contribution in [1.29, 1.82) is 0 Å². The lowest BCUT2D eigenvalue weighted by atomic mass is 10.2. The molecule has 1 amide bonds. The Morgan fingerprint density at radius 2 is 2.25 bits per heavy atom. The van der Waals surface area contributed by atoms with E-state index in [1.807, 2.05) is 19.1 Å². The Kier molecular flexibility index (Phi) is 4.45. The van der Waals surface area contributed by atoms with Gasteiger partial charge in [0, 0.05) is 9.75 Å². The number of rotatable bonds is 5. The molecule has 0 spiro atoms. The zero-order chi connectivity index (χ0) is 12.1. The Morgan fingerprint density at radius 1 is 1.56 bits per heavy atom. The van der Waals surface area contributed by atoms with Gasteiger partial charge in [-0.25, -0.2) is 0 Å². The topological polar surface area (TPSA) is 92.4 Å². The summed E-state index contributed by atoms with van der Waals surface area (Å²) in [5.41, 5.74) is 5.40. The van der Waals surface area contributed by atoms with E-state index in [0.29, 0.717) is 6.54 Å². The molecule has 1 aromatic heterocycles. The average molecular weight is 242 g/mol. The van der Waals surface area contributed by atoms with Gasteiger partial charge in [-0.2, -0.15) is 0 Å². The van der Waals surface area contributed by atoms with Crippen molar-refractivity contribution < 1.29 is 14.7 Å². The molecule has 4 N–H and O–H groups in total. The monoisotopic (exact) mass is 242 g/mol. The Labute approximate surface area is 97.3 Å². The fourth-order valence-electron chi connectivity index (χ4n) is 1.17. The highest BCUT2D eigenvalue weighted by atomic mass is 32.1. The van der Waals surface area contributed by atoms with E-state index >= 15 is 0 Å². The number of aliphatic carboxylic acids is 1. The Bertz CT molecular complexity index is 389. The first-order chi connectivity index (χ1) is 7.49. The maximum Gasteiger partial charge on any atom is 0.305 e. The van der Waals surface area contributed by atoms with Crippen LogP contribution in [0.15, 0.2) is 12.1 Å². The smallest absolute Gasteiger partial charge is 0.305 e. The van der Waals surface area contributed by atoms with Gasteiger partial charge in [-0.15, -0.1) is 11.3 Å². The van der Waals surface area contributed by atoms with E-state index in [4.69, 9.17) is 10.8 Å². The number of carbonyl (C=O) groups is 2. The molecule has 16 heavy (non-hydrogen) atoms. The van der Waals surface area contributed by atoms with E-state index in [1.54, 1.807) is 11.3 Å². The highest BCUT2D eigenvalue weighted by Gasteiger charge is 2.16. The standard InChI is InChI=1S/C10H14N2O3S/c1-6-2-3-7(16-6)5-12-10(15)8(11)4-9(13)14/h2-3,8H,4-5,11H2,1H3,(H,12,15)(H,13,14). The number of thiophene rings is 1. The number of carboxylic acids is 1. The third-order valence-electron chi connectivity index (χ3n) is 1.96. The maximum atomic E-state index is 11.4. The van der Waals surface area contributed by atoms with Crippen LogP contribution in [0.3, 0.4) is 0 Å². The van der Waals surface area contributed by atoms with Crippen LogP contribution in [0.2, 0.25) is 0 Å². The van der Waals surface area contributed by atoms with Gasteiger partial charge in [0.1, 0.15) is 0 Å². The lowest BCUT2D eigenvalue weighted by molar-refractivity contribution is -0.139. The zero-order valence-corrected chi connectivity index (χ0v) is 9.71. The van der Waals surface area contributed by atoms with Gasteiger partial charge in [0.25, 0.3) is 0 Å². The molecule has 0 saturated carbocycles.